The van der Waals surface area contributed by atoms with Gasteiger partial charge in [-0.25, -0.2) is 0 Å². The Bertz CT molecular complexity index is 370. The highest BCUT2D eigenvalue weighted by Gasteiger charge is 2.12. The summed E-state index contributed by atoms with van der Waals surface area (Å²) in [5.41, 5.74) is 6.52. The van der Waals surface area contributed by atoms with E-state index in [1.165, 1.54) is 0 Å². The van der Waals surface area contributed by atoms with Gasteiger partial charge in [-0.05, 0) is 33.8 Å². The van der Waals surface area contributed by atoms with Crippen LogP contribution in [-0.2, 0) is 0 Å². The zero-order valence-corrected chi connectivity index (χ0v) is 10.9. The number of nitrogens with two attached hydrogens (primary N) is 1. The van der Waals surface area contributed by atoms with Gasteiger partial charge in [0.25, 0.3) is 0 Å². The summed E-state index contributed by atoms with van der Waals surface area (Å²) in [6.45, 7) is 7.88. The van der Waals surface area contributed by atoms with Gasteiger partial charge in [0.05, 0.1) is 11.7 Å². The van der Waals surface area contributed by atoms with E-state index >= 15 is 0 Å². The number of benzene rings is 1. The Labute approximate surface area is 103 Å². The summed E-state index contributed by atoms with van der Waals surface area (Å²) >= 11 is 0. The minimum Gasteiger partial charge on any atom is -0.491 e. The Kier molecular flexibility index (Phi) is 4.23. The maximum Gasteiger partial charge on any atom is 0.123 e. The first kappa shape index (κ1) is 13.6. The van der Waals surface area contributed by atoms with Crippen molar-refractivity contribution >= 4 is 11.4 Å². The van der Waals surface area contributed by atoms with Crippen LogP contribution in [0.4, 0.5) is 11.4 Å². The van der Waals surface area contributed by atoms with Gasteiger partial charge in [0, 0.05) is 30.1 Å². The lowest BCUT2D eigenvalue weighted by atomic mass is 10.1. The molecule has 0 fully saturated rings. The molecule has 0 atom stereocenters. The number of anilines is 2. The molecule has 17 heavy (non-hydrogen) atoms. The molecule has 4 heteroatoms. The van der Waals surface area contributed by atoms with Gasteiger partial charge >= 0.3 is 0 Å². The molecule has 4 nitrogen and oxygen atoms in total. The van der Waals surface area contributed by atoms with E-state index in [0.29, 0.717) is 12.2 Å². The van der Waals surface area contributed by atoms with E-state index in [1.807, 2.05) is 26.0 Å². The van der Waals surface area contributed by atoms with Crippen molar-refractivity contribution in [1.82, 2.24) is 0 Å². The van der Waals surface area contributed by atoms with E-state index in [2.05, 4.69) is 5.32 Å². The van der Waals surface area contributed by atoms with Gasteiger partial charge < -0.3 is 20.9 Å². The third-order valence-electron chi connectivity index (χ3n) is 2.03. The molecule has 1 aromatic rings. The average molecular weight is 238 g/mol. The maximum absolute atomic E-state index is 9.64. The number of nitrogens with one attached hydrogen (secondary N) is 1. The first-order valence-corrected chi connectivity index (χ1v) is 5.80. The van der Waals surface area contributed by atoms with Gasteiger partial charge in [0.2, 0.25) is 0 Å². The molecule has 4 N–H and O–H groups in total. The van der Waals surface area contributed by atoms with Crippen molar-refractivity contribution in [3.05, 3.63) is 18.2 Å². The van der Waals surface area contributed by atoms with E-state index < -0.39 is 5.60 Å². The Balaban J connectivity index is 2.75. The number of rotatable bonds is 5. The molecule has 0 unspecified atom stereocenters. The minimum atomic E-state index is -0.760. The maximum atomic E-state index is 9.64. The van der Waals surface area contributed by atoms with Gasteiger partial charge in [-0.3, -0.25) is 0 Å². The summed E-state index contributed by atoms with van der Waals surface area (Å²) in [6.07, 6.45) is 0.110. The van der Waals surface area contributed by atoms with Gasteiger partial charge in [-0.2, -0.15) is 0 Å². The molecule has 0 amide bonds. The van der Waals surface area contributed by atoms with Crippen LogP contribution in [0.1, 0.15) is 27.7 Å². The first-order chi connectivity index (χ1) is 7.76. The van der Waals surface area contributed by atoms with Crippen molar-refractivity contribution in [1.29, 1.82) is 0 Å². The number of aliphatic hydroxyl groups is 1. The SMILES string of the molecule is CC(C)Oc1cc(N)cc(NCC(C)(C)O)c1. The summed E-state index contributed by atoms with van der Waals surface area (Å²) in [7, 11) is 0. The predicted octanol–water partition coefficient (Wildman–Crippen LogP) is 2.24. The molecule has 0 aliphatic carbocycles. The number of ether oxygens (including phenoxy) is 1. The fraction of sp³-hybridized carbons (Fsp3) is 0.538. The molecule has 96 valence electrons. The highest BCUT2D eigenvalue weighted by atomic mass is 16.5. The van der Waals surface area contributed by atoms with Crippen molar-refractivity contribution in [2.75, 3.05) is 17.6 Å². The van der Waals surface area contributed by atoms with E-state index in [1.54, 1.807) is 19.9 Å². The second-order valence-corrected chi connectivity index (χ2v) is 5.12. The topological polar surface area (TPSA) is 67.5 Å². The van der Waals surface area contributed by atoms with Crippen LogP contribution in [0.5, 0.6) is 5.75 Å². The van der Waals surface area contributed by atoms with E-state index in [4.69, 9.17) is 10.5 Å². The van der Waals surface area contributed by atoms with Crippen molar-refractivity contribution in [2.45, 2.75) is 39.4 Å². The Hall–Kier alpha value is -1.42. The van der Waals surface area contributed by atoms with E-state index in [0.717, 1.165) is 11.4 Å². The van der Waals surface area contributed by atoms with Crippen molar-refractivity contribution in [3.63, 3.8) is 0 Å². The first-order valence-electron chi connectivity index (χ1n) is 5.80. The molecule has 0 aliphatic heterocycles. The fourth-order valence-corrected chi connectivity index (χ4v) is 1.38. The highest BCUT2D eigenvalue weighted by molar-refractivity contribution is 5.59. The lowest BCUT2D eigenvalue weighted by Gasteiger charge is -2.19. The van der Waals surface area contributed by atoms with Gasteiger partial charge in [0.15, 0.2) is 0 Å². The molecule has 0 heterocycles. The normalized spacial score (nSPS) is 11.6. The Morgan fingerprint density at radius 2 is 2.00 bits per heavy atom. The molecule has 0 radical (unpaired) electrons. The van der Waals surface area contributed by atoms with Crippen LogP contribution in [0.3, 0.4) is 0 Å². The second-order valence-electron chi connectivity index (χ2n) is 5.12. The van der Waals surface area contributed by atoms with Gasteiger partial charge in [-0.1, -0.05) is 0 Å². The summed E-state index contributed by atoms with van der Waals surface area (Å²) in [5, 5.41) is 12.8. The number of hydrogen-bond acceptors (Lipinski definition) is 4. The molecule has 0 spiro atoms. The number of nitrogen functional groups attached to an aromatic ring is 1. The van der Waals surface area contributed by atoms with Crippen molar-refractivity contribution < 1.29 is 9.84 Å². The standard InChI is InChI=1S/C13H22N2O2/c1-9(2)17-12-6-10(14)5-11(7-12)15-8-13(3,4)16/h5-7,9,15-16H,8,14H2,1-4H3. The molecule has 0 aromatic heterocycles. The summed E-state index contributed by atoms with van der Waals surface area (Å²) in [6, 6.07) is 5.48. The largest absolute Gasteiger partial charge is 0.491 e. The van der Waals surface area contributed by atoms with Crippen LogP contribution in [0.25, 0.3) is 0 Å². The van der Waals surface area contributed by atoms with Crippen LogP contribution >= 0.6 is 0 Å². The van der Waals surface area contributed by atoms with Crippen LogP contribution in [0, 0.1) is 0 Å². The number of hydrogen-bond donors (Lipinski definition) is 3. The Morgan fingerprint density at radius 3 is 2.53 bits per heavy atom. The molecule has 0 saturated heterocycles. The van der Waals surface area contributed by atoms with Crippen LogP contribution in [0.15, 0.2) is 18.2 Å². The van der Waals surface area contributed by atoms with E-state index in [-0.39, 0.29) is 6.10 Å². The van der Waals surface area contributed by atoms with E-state index in [9.17, 15) is 5.11 Å². The Morgan fingerprint density at radius 1 is 1.35 bits per heavy atom. The summed E-state index contributed by atoms with van der Waals surface area (Å²) < 4.78 is 5.59. The zero-order valence-electron chi connectivity index (χ0n) is 10.9. The zero-order chi connectivity index (χ0) is 13.1. The van der Waals surface area contributed by atoms with Crippen molar-refractivity contribution in [2.24, 2.45) is 0 Å². The van der Waals surface area contributed by atoms with Crippen LogP contribution in [0.2, 0.25) is 0 Å². The quantitative estimate of drug-likeness (QED) is 0.688. The predicted molar refractivity (Wildman–Crippen MR) is 71.4 cm³/mol. The molecular weight excluding hydrogens is 216 g/mol. The summed E-state index contributed by atoms with van der Waals surface area (Å²) in [5.74, 6) is 0.734. The second kappa shape index (κ2) is 5.27. The molecule has 0 saturated carbocycles. The third kappa shape index (κ3) is 5.45. The fourth-order valence-electron chi connectivity index (χ4n) is 1.38. The third-order valence-corrected chi connectivity index (χ3v) is 2.03. The molecule has 1 aromatic carbocycles. The highest BCUT2D eigenvalue weighted by Crippen LogP contribution is 2.23. The van der Waals surface area contributed by atoms with Crippen molar-refractivity contribution in [3.8, 4) is 5.75 Å². The summed E-state index contributed by atoms with van der Waals surface area (Å²) in [4.78, 5) is 0. The average Bonchev–Trinajstić information content (AvgIpc) is 2.11. The monoisotopic (exact) mass is 238 g/mol. The molecule has 0 bridgehead atoms. The lowest BCUT2D eigenvalue weighted by molar-refractivity contribution is 0.0945. The van der Waals surface area contributed by atoms with Gasteiger partial charge in [-0.15, -0.1) is 0 Å². The minimum absolute atomic E-state index is 0.110. The van der Waals surface area contributed by atoms with Crippen LogP contribution < -0.4 is 15.8 Å². The molecular formula is C13H22N2O2. The molecule has 1 rings (SSSR count). The van der Waals surface area contributed by atoms with Crippen LogP contribution in [-0.4, -0.2) is 23.4 Å². The molecule has 0 aliphatic rings. The lowest BCUT2D eigenvalue weighted by Crippen LogP contribution is -2.29. The van der Waals surface area contributed by atoms with Gasteiger partial charge in [0.1, 0.15) is 5.75 Å². The smallest absolute Gasteiger partial charge is 0.123 e.